The molecule has 3 heterocycles. The van der Waals surface area contributed by atoms with Crippen LogP contribution in [0, 0.1) is 5.92 Å². The van der Waals surface area contributed by atoms with Crippen molar-refractivity contribution >= 4 is 5.91 Å². The maximum absolute atomic E-state index is 11.9. The van der Waals surface area contributed by atoms with Gasteiger partial charge in [-0.1, -0.05) is 0 Å². The lowest BCUT2D eigenvalue weighted by Crippen LogP contribution is -2.63. The SMILES string of the molecule is CN1CC2(CC(CCOCC(=O)N3CCCC3)CCO2)C1. The van der Waals surface area contributed by atoms with Gasteiger partial charge in [-0.2, -0.15) is 0 Å². The van der Waals surface area contributed by atoms with Crippen LogP contribution in [0.25, 0.3) is 0 Å². The average molecular weight is 296 g/mol. The average Bonchev–Trinajstić information content (AvgIpc) is 2.96. The Labute approximate surface area is 127 Å². The molecule has 0 bridgehead atoms. The second-order valence-electron chi connectivity index (χ2n) is 6.99. The summed E-state index contributed by atoms with van der Waals surface area (Å²) in [6, 6.07) is 0. The largest absolute Gasteiger partial charge is 0.372 e. The molecule has 3 rings (SSSR count). The molecular weight excluding hydrogens is 268 g/mol. The highest BCUT2D eigenvalue weighted by Crippen LogP contribution is 2.37. The van der Waals surface area contributed by atoms with Crippen molar-refractivity contribution in [3.63, 3.8) is 0 Å². The van der Waals surface area contributed by atoms with Crippen LogP contribution in [-0.2, 0) is 14.3 Å². The third-order valence-electron chi connectivity index (χ3n) is 5.07. The number of likely N-dealkylation sites (tertiary alicyclic amines) is 2. The third-order valence-corrected chi connectivity index (χ3v) is 5.07. The lowest BCUT2D eigenvalue weighted by Gasteiger charge is -2.52. The van der Waals surface area contributed by atoms with Crippen LogP contribution in [0.3, 0.4) is 0 Å². The van der Waals surface area contributed by atoms with Crippen molar-refractivity contribution in [2.24, 2.45) is 5.92 Å². The summed E-state index contributed by atoms with van der Waals surface area (Å²) in [5, 5.41) is 0. The molecule has 21 heavy (non-hydrogen) atoms. The molecule has 5 heteroatoms. The van der Waals surface area contributed by atoms with Crippen LogP contribution in [0.1, 0.15) is 32.1 Å². The van der Waals surface area contributed by atoms with Crippen LogP contribution >= 0.6 is 0 Å². The smallest absolute Gasteiger partial charge is 0.248 e. The molecule has 3 saturated heterocycles. The summed E-state index contributed by atoms with van der Waals surface area (Å²) >= 11 is 0. The van der Waals surface area contributed by atoms with Crippen molar-refractivity contribution in [3.05, 3.63) is 0 Å². The number of hydrogen-bond donors (Lipinski definition) is 0. The summed E-state index contributed by atoms with van der Waals surface area (Å²) < 4.78 is 11.6. The Kier molecular flexibility index (Phi) is 4.82. The van der Waals surface area contributed by atoms with Crippen LogP contribution in [0.15, 0.2) is 0 Å². The van der Waals surface area contributed by atoms with E-state index in [0.717, 1.165) is 64.9 Å². The van der Waals surface area contributed by atoms with Crippen molar-refractivity contribution in [1.82, 2.24) is 9.80 Å². The molecule has 0 radical (unpaired) electrons. The first-order chi connectivity index (χ1) is 10.2. The fourth-order valence-corrected chi connectivity index (χ4v) is 4.00. The van der Waals surface area contributed by atoms with E-state index in [-0.39, 0.29) is 18.1 Å². The van der Waals surface area contributed by atoms with E-state index in [1.807, 2.05) is 4.90 Å². The van der Waals surface area contributed by atoms with E-state index in [1.54, 1.807) is 0 Å². The number of nitrogens with zero attached hydrogens (tertiary/aromatic N) is 2. The van der Waals surface area contributed by atoms with Gasteiger partial charge in [0.05, 0.1) is 5.60 Å². The Morgan fingerprint density at radius 3 is 2.81 bits per heavy atom. The molecule has 1 atom stereocenters. The zero-order valence-corrected chi connectivity index (χ0v) is 13.2. The Morgan fingerprint density at radius 1 is 1.33 bits per heavy atom. The van der Waals surface area contributed by atoms with Gasteiger partial charge in [-0.3, -0.25) is 4.79 Å². The number of carbonyl (C=O) groups is 1. The maximum Gasteiger partial charge on any atom is 0.248 e. The van der Waals surface area contributed by atoms with Crippen LogP contribution in [0.5, 0.6) is 0 Å². The normalized spacial score (nSPS) is 28.8. The molecule has 3 aliphatic rings. The van der Waals surface area contributed by atoms with Gasteiger partial charge in [0.25, 0.3) is 0 Å². The van der Waals surface area contributed by atoms with E-state index in [2.05, 4.69) is 11.9 Å². The molecule has 0 aromatic carbocycles. The minimum atomic E-state index is 0.128. The van der Waals surface area contributed by atoms with Crippen LogP contribution in [-0.4, -0.2) is 74.4 Å². The molecule has 0 saturated carbocycles. The number of likely N-dealkylation sites (N-methyl/N-ethyl adjacent to an activating group) is 1. The second-order valence-corrected chi connectivity index (χ2v) is 6.99. The topological polar surface area (TPSA) is 42.0 Å². The second kappa shape index (κ2) is 6.63. The molecule has 0 aliphatic carbocycles. The van der Waals surface area contributed by atoms with E-state index in [1.165, 1.54) is 0 Å². The third kappa shape index (κ3) is 3.76. The molecule has 3 aliphatic heterocycles. The zero-order valence-electron chi connectivity index (χ0n) is 13.2. The van der Waals surface area contributed by atoms with Gasteiger partial charge in [-0.15, -0.1) is 0 Å². The standard InChI is InChI=1S/C16H28N2O3/c1-17-12-16(13-17)10-14(5-9-21-16)4-8-20-11-15(19)18-6-2-3-7-18/h14H,2-13H2,1H3. The molecule has 1 spiro atoms. The van der Waals surface area contributed by atoms with Crippen molar-refractivity contribution in [2.75, 3.05) is 53.0 Å². The molecule has 0 aromatic rings. The first-order valence-electron chi connectivity index (χ1n) is 8.35. The van der Waals surface area contributed by atoms with Gasteiger partial charge in [-0.25, -0.2) is 0 Å². The fraction of sp³-hybridized carbons (Fsp3) is 0.938. The summed E-state index contributed by atoms with van der Waals surface area (Å²) in [6.07, 6.45) is 5.63. The molecule has 0 aromatic heterocycles. The van der Waals surface area contributed by atoms with Gasteiger partial charge in [0.2, 0.25) is 5.91 Å². The first kappa shape index (κ1) is 15.3. The number of rotatable bonds is 5. The minimum absolute atomic E-state index is 0.128. The lowest BCUT2D eigenvalue weighted by molar-refractivity contribution is -0.173. The van der Waals surface area contributed by atoms with E-state index < -0.39 is 0 Å². The monoisotopic (exact) mass is 296 g/mol. The number of carbonyl (C=O) groups excluding carboxylic acids is 1. The summed E-state index contributed by atoms with van der Waals surface area (Å²) in [6.45, 7) is 5.81. The zero-order chi connectivity index (χ0) is 14.7. The number of ether oxygens (including phenoxy) is 2. The Bertz CT molecular complexity index is 357. The quantitative estimate of drug-likeness (QED) is 0.713. The Hall–Kier alpha value is -0.650. The molecule has 0 N–H and O–H groups in total. The van der Waals surface area contributed by atoms with Crippen molar-refractivity contribution in [3.8, 4) is 0 Å². The highest BCUT2D eigenvalue weighted by molar-refractivity contribution is 5.77. The van der Waals surface area contributed by atoms with Crippen LogP contribution in [0.2, 0.25) is 0 Å². The first-order valence-corrected chi connectivity index (χ1v) is 8.35. The molecule has 1 amide bonds. The molecule has 3 fully saturated rings. The number of amides is 1. The lowest BCUT2D eigenvalue weighted by atomic mass is 9.79. The molecule has 1 unspecified atom stereocenters. The van der Waals surface area contributed by atoms with E-state index >= 15 is 0 Å². The molecular formula is C16H28N2O3. The predicted molar refractivity (Wildman–Crippen MR) is 80.2 cm³/mol. The van der Waals surface area contributed by atoms with E-state index in [9.17, 15) is 4.79 Å². The Morgan fingerprint density at radius 2 is 2.10 bits per heavy atom. The molecule has 120 valence electrons. The van der Waals surface area contributed by atoms with Gasteiger partial charge in [0, 0.05) is 39.4 Å². The summed E-state index contributed by atoms with van der Waals surface area (Å²) in [4.78, 5) is 16.1. The maximum atomic E-state index is 11.9. The van der Waals surface area contributed by atoms with Crippen LogP contribution < -0.4 is 0 Å². The van der Waals surface area contributed by atoms with Crippen molar-refractivity contribution < 1.29 is 14.3 Å². The summed E-state index contributed by atoms with van der Waals surface area (Å²) in [5.41, 5.74) is 0.128. The van der Waals surface area contributed by atoms with Crippen LogP contribution in [0.4, 0.5) is 0 Å². The highest BCUT2D eigenvalue weighted by Gasteiger charge is 2.45. The number of hydrogen-bond acceptors (Lipinski definition) is 4. The van der Waals surface area contributed by atoms with Crippen molar-refractivity contribution in [1.29, 1.82) is 0 Å². The summed E-state index contributed by atoms with van der Waals surface area (Å²) in [7, 11) is 2.14. The van der Waals surface area contributed by atoms with Crippen molar-refractivity contribution in [2.45, 2.75) is 37.7 Å². The molecule has 5 nitrogen and oxygen atoms in total. The van der Waals surface area contributed by atoms with Gasteiger partial charge in [0.15, 0.2) is 0 Å². The Balaban J connectivity index is 1.31. The fourth-order valence-electron chi connectivity index (χ4n) is 4.00. The summed E-state index contributed by atoms with van der Waals surface area (Å²) in [5.74, 6) is 0.853. The highest BCUT2D eigenvalue weighted by atomic mass is 16.5. The minimum Gasteiger partial charge on any atom is -0.372 e. The van der Waals surface area contributed by atoms with Gasteiger partial charge >= 0.3 is 0 Å². The predicted octanol–water partition coefficient (Wildman–Crippen LogP) is 1.13. The van der Waals surface area contributed by atoms with Gasteiger partial charge in [-0.05, 0) is 45.1 Å². The van der Waals surface area contributed by atoms with Gasteiger partial charge < -0.3 is 19.3 Å². The van der Waals surface area contributed by atoms with E-state index in [0.29, 0.717) is 12.5 Å². The van der Waals surface area contributed by atoms with E-state index in [4.69, 9.17) is 9.47 Å². The van der Waals surface area contributed by atoms with Gasteiger partial charge in [0.1, 0.15) is 6.61 Å².